The van der Waals surface area contributed by atoms with Crippen LogP contribution in [-0.2, 0) is 19.7 Å². The van der Waals surface area contributed by atoms with Gasteiger partial charge in [0.15, 0.2) is 0 Å². The Morgan fingerprint density at radius 3 is 2.46 bits per heavy atom. The van der Waals surface area contributed by atoms with E-state index in [2.05, 4.69) is 30.3 Å². The highest BCUT2D eigenvalue weighted by molar-refractivity contribution is 5.99. The Balaban J connectivity index is 2.00. The summed E-state index contributed by atoms with van der Waals surface area (Å²) in [6, 6.07) is 14.7. The lowest BCUT2D eigenvalue weighted by molar-refractivity contribution is -0.147. The molecule has 1 atom stereocenters. The molecule has 2 aliphatic carbocycles. The molecule has 1 unspecified atom stereocenters. The van der Waals surface area contributed by atoms with Crippen LogP contribution in [0.4, 0.5) is 0 Å². The minimum absolute atomic E-state index is 0.228. The van der Waals surface area contributed by atoms with Crippen LogP contribution in [0.2, 0.25) is 0 Å². The summed E-state index contributed by atoms with van der Waals surface area (Å²) >= 11 is 0. The van der Waals surface area contributed by atoms with Crippen LogP contribution in [-0.4, -0.2) is 26.8 Å². The van der Waals surface area contributed by atoms with Crippen LogP contribution < -0.4 is 0 Å². The zero-order valence-electron chi connectivity index (χ0n) is 15.6. The highest BCUT2D eigenvalue weighted by Gasteiger charge is 2.52. The van der Waals surface area contributed by atoms with E-state index in [1.54, 1.807) is 7.11 Å². The van der Waals surface area contributed by atoms with Crippen molar-refractivity contribution >= 4 is 5.97 Å². The molecule has 0 bridgehead atoms. The Morgan fingerprint density at radius 1 is 1.00 bits per heavy atom. The van der Waals surface area contributed by atoms with Gasteiger partial charge >= 0.3 is 5.97 Å². The first kappa shape index (κ1) is 17.3. The Kier molecular flexibility index (Phi) is 4.58. The largest absolute Gasteiger partial charge is 0.468 e. The quantitative estimate of drug-likeness (QED) is 0.742. The van der Waals surface area contributed by atoms with E-state index in [4.69, 9.17) is 9.47 Å². The maximum absolute atomic E-state index is 13.2. The second kappa shape index (κ2) is 6.88. The predicted molar refractivity (Wildman–Crippen MR) is 102 cm³/mol. The molecule has 0 aromatic heterocycles. The Labute approximate surface area is 155 Å². The van der Waals surface area contributed by atoms with Gasteiger partial charge in [-0.1, -0.05) is 61.7 Å². The molecule has 2 aromatic carbocycles. The van der Waals surface area contributed by atoms with Crippen molar-refractivity contribution in [3.63, 3.8) is 0 Å². The smallest absolute Gasteiger partial charge is 0.323 e. The van der Waals surface area contributed by atoms with Gasteiger partial charge in [-0.2, -0.15) is 0 Å². The molecule has 0 aliphatic heterocycles. The van der Waals surface area contributed by atoms with E-state index >= 15 is 0 Å². The van der Waals surface area contributed by atoms with Gasteiger partial charge in [-0.3, -0.25) is 4.79 Å². The third-order valence-corrected chi connectivity index (χ3v) is 6.14. The van der Waals surface area contributed by atoms with E-state index in [0.717, 1.165) is 22.3 Å². The molecule has 3 nitrogen and oxygen atoms in total. The lowest BCUT2D eigenvalue weighted by atomic mass is 9.72. The van der Waals surface area contributed by atoms with Gasteiger partial charge < -0.3 is 9.47 Å². The van der Waals surface area contributed by atoms with Gasteiger partial charge in [-0.15, -0.1) is 0 Å². The minimum atomic E-state index is -0.872. The lowest BCUT2D eigenvalue weighted by Crippen LogP contribution is -2.41. The van der Waals surface area contributed by atoms with Crippen LogP contribution in [0.5, 0.6) is 0 Å². The normalized spacial score (nSPS) is 21.9. The summed E-state index contributed by atoms with van der Waals surface area (Å²) in [6.07, 6.45) is 6.22. The van der Waals surface area contributed by atoms with Gasteiger partial charge in [-0.05, 0) is 46.6 Å². The topological polar surface area (TPSA) is 35.5 Å². The summed E-state index contributed by atoms with van der Waals surface area (Å²) in [7, 11) is 3.14. The lowest BCUT2D eigenvalue weighted by Gasteiger charge is -2.33. The number of rotatable bonds is 4. The SMILES string of the molecule is COCC1(C(=O)OC)c2ccccc2-c2cccc(C3CCCCC3)c21. The average Bonchev–Trinajstić information content (AvgIpc) is 3.00. The molecular formula is C23H26O3. The molecule has 2 aliphatic rings. The maximum atomic E-state index is 13.2. The number of benzene rings is 2. The van der Waals surface area contributed by atoms with Gasteiger partial charge in [0.05, 0.1) is 13.7 Å². The molecule has 136 valence electrons. The second-order valence-electron chi connectivity index (χ2n) is 7.48. The van der Waals surface area contributed by atoms with Crippen molar-refractivity contribution in [2.24, 2.45) is 0 Å². The van der Waals surface area contributed by atoms with Crippen molar-refractivity contribution < 1.29 is 14.3 Å². The van der Waals surface area contributed by atoms with E-state index < -0.39 is 5.41 Å². The molecule has 4 rings (SSSR count). The van der Waals surface area contributed by atoms with Crippen molar-refractivity contribution in [3.05, 3.63) is 59.2 Å². The average molecular weight is 350 g/mol. The first-order valence-electron chi connectivity index (χ1n) is 9.54. The van der Waals surface area contributed by atoms with Gasteiger partial charge in [0, 0.05) is 7.11 Å². The predicted octanol–water partition coefficient (Wildman–Crippen LogP) is 4.82. The van der Waals surface area contributed by atoms with Gasteiger partial charge in [0.1, 0.15) is 5.41 Å². The van der Waals surface area contributed by atoms with E-state index in [0.29, 0.717) is 12.5 Å². The van der Waals surface area contributed by atoms with E-state index in [1.165, 1.54) is 44.8 Å². The molecule has 2 aromatic rings. The van der Waals surface area contributed by atoms with Crippen LogP contribution in [0, 0.1) is 0 Å². The van der Waals surface area contributed by atoms with Crippen molar-refractivity contribution in [1.29, 1.82) is 0 Å². The van der Waals surface area contributed by atoms with E-state index in [-0.39, 0.29) is 5.97 Å². The number of fused-ring (bicyclic) bond motifs is 3. The first-order chi connectivity index (χ1) is 12.7. The molecule has 0 amide bonds. The number of methoxy groups -OCH3 is 2. The van der Waals surface area contributed by atoms with Gasteiger partial charge in [-0.25, -0.2) is 0 Å². The first-order valence-corrected chi connectivity index (χ1v) is 9.54. The fourth-order valence-corrected chi connectivity index (χ4v) is 5.06. The Hall–Kier alpha value is -2.13. The Bertz CT molecular complexity index is 820. The Morgan fingerprint density at radius 2 is 1.73 bits per heavy atom. The number of ether oxygens (including phenoxy) is 2. The zero-order valence-corrected chi connectivity index (χ0v) is 15.6. The van der Waals surface area contributed by atoms with Crippen molar-refractivity contribution in [3.8, 4) is 11.1 Å². The molecule has 1 fully saturated rings. The fraction of sp³-hybridized carbons (Fsp3) is 0.435. The van der Waals surface area contributed by atoms with Crippen LogP contribution in [0.1, 0.15) is 54.7 Å². The maximum Gasteiger partial charge on any atom is 0.323 e. The van der Waals surface area contributed by atoms with Gasteiger partial charge in [0.2, 0.25) is 0 Å². The number of esters is 1. The molecule has 1 saturated carbocycles. The van der Waals surface area contributed by atoms with Crippen LogP contribution in [0.15, 0.2) is 42.5 Å². The summed E-state index contributed by atoms with van der Waals surface area (Å²) in [6.45, 7) is 0.299. The molecule has 0 radical (unpaired) electrons. The standard InChI is InChI=1S/C23H26O3/c1-25-15-23(22(24)26-2)20-14-7-6-11-18(20)19-13-8-12-17(21(19)23)16-9-4-3-5-10-16/h6-8,11-14,16H,3-5,9-10,15H2,1-2H3. The van der Waals surface area contributed by atoms with Crippen LogP contribution in [0.25, 0.3) is 11.1 Å². The number of hydrogen-bond donors (Lipinski definition) is 0. The van der Waals surface area contributed by atoms with Crippen LogP contribution >= 0.6 is 0 Å². The number of carbonyl (C=O) groups excluding carboxylic acids is 1. The number of carbonyl (C=O) groups is 1. The monoisotopic (exact) mass is 350 g/mol. The summed E-state index contributed by atoms with van der Waals surface area (Å²) in [5, 5.41) is 0. The van der Waals surface area contributed by atoms with Gasteiger partial charge in [0.25, 0.3) is 0 Å². The molecule has 3 heteroatoms. The summed E-state index contributed by atoms with van der Waals surface area (Å²) < 4.78 is 10.9. The zero-order chi connectivity index (χ0) is 18.1. The molecule has 0 N–H and O–H groups in total. The summed E-state index contributed by atoms with van der Waals surface area (Å²) in [5.74, 6) is 0.280. The second-order valence-corrected chi connectivity index (χ2v) is 7.48. The van der Waals surface area contributed by atoms with E-state index in [1.807, 2.05) is 12.1 Å². The third-order valence-electron chi connectivity index (χ3n) is 6.14. The summed E-state index contributed by atoms with van der Waals surface area (Å²) in [4.78, 5) is 13.2. The van der Waals surface area contributed by atoms with Crippen molar-refractivity contribution in [2.75, 3.05) is 20.8 Å². The molecule has 0 saturated heterocycles. The summed E-state index contributed by atoms with van der Waals surface area (Å²) in [5.41, 5.74) is 4.84. The molecule has 0 heterocycles. The molecule has 26 heavy (non-hydrogen) atoms. The third kappa shape index (κ3) is 2.41. The van der Waals surface area contributed by atoms with Crippen molar-refractivity contribution in [1.82, 2.24) is 0 Å². The fourth-order valence-electron chi connectivity index (χ4n) is 5.06. The molecule has 0 spiro atoms. The highest BCUT2D eigenvalue weighted by Crippen LogP contribution is 2.53. The molecular weight excluding hydrogens is 324 g/mol. The van der Waals surface area contributed by atoms with E-state index in [9.17, 15) is 4.79 Å². The number of hydrogen-bond acceptors (Lipinski definition) is 3. The van der Waals surface area contributed by atoms with Crippen LogP contribution in [0.3, 0.4) is 0 Å². The minimum Gasteiger partial charge on any atom is -0.468 e. The highest BCUT2D eigenvalue weighted by atomic mass is 16.5. The van der Waals surface area contributed by atoms with Crippen molar-refractivity contribution in [2.45, 2.75) is 43.4 Å².